The quantitative estimate of drug-likeness (QED) is 0.730. The molecule has 0 aliphatic heterocycles. The zero-order valence-corrected chi connectivity index (χ0v) is 10.1. The highest BCUT2D eigenvalue weighted by Crippen LogP contribution is 2.07. The van der Waals surface area contributed by atoms with Gasteiger partial charge in [0, 0.05) is 12.1 Å². The molecular formula is C14H20NO. The van der Waals surface area contributed by atoms with Gasteiger partial charge in [0.2, 0.25) is 0 Å². The predicted octanol–water partition coefficient (Wildman–Crippen LogP) is 3.20. The van der Waals surface area contributed by atoms with E-state index in [0.29, 0.717) is 0 Å². The van der Waals surface area contributed by atoms with Crippen LogP contribution in [0.1, 0.15) is 43.5 Å². The van der Waals surface area contributed by atoms with Gasteiger partial charge < -0.3 is 5.32 Å². The summed E-state index contributed by atoms with van der Waals surface area (Å²) in [6.07, 6.45) is 3.35. The lowest BCUT2D eigenvalue weighted by Gasteiger charge is -2.06. The van der Waals surface area contributed by atoms with Gasteiger partial charge in [0.15, 0.2) is 0 Å². The molecule has 0 saturated carbocycles. The molecule has 0 spiro atoms. The highest BCUT2D eigenvalue weighted by molar-refractivity contribution is 5.94. The number of carbonyl (C=O) groups is 1. The normalized spacial score (nSPS) is 10.4. The van der Waals surface area contributed by atoms with Crippen molar-refractivity contribution >= 4 is 5.91 Å². The average molecular weight is 218 g/mol. The second-order valence-corrected chi connectivity index (χ2v) is 4.29. The van der Waals surface area contributed by atoms with Gasteiger partial charge in [0.1, 0.15) is 0 Å². The van der Waals surface area contributed by atoms with E-state index in [1.165, 1.54) is 5.92 Å². The van der Waals surface area contributed by atoms with Crippen LogP contribution in [0.2, 0.25) is 0 Å². The van der Waals surface area contributed by atoms with E-state index in [1.54, 1.807) is 0 Å². The summed E-state index contributed by atoms with van der Waals surface area (Å²) >= 11 is 0. The van der Waals surface area contributed by atoms with Gasteiger partial charge in [-0.25, -0.2) is 0 Å². The van der Waals surface area contributed by atoms with E-state index in [4.69, 9.17) is 0 Å². The molecule has 2 nitrogen and oxygen atoms in total. The fraction of sp³-hybridized carbons (Fsp3) is 0.429. The summed E-state index contributed by atoms with van der Waals surface area (Å²) in [5.74, 6) is 1.48. The SMILES string of the molecule is C[C](C)CCCCNC(=O)c1ccccc1. The van der Waals surface area contributed by atoms with Crippen LogP contribution in [0.5, 0.6) is 0 Å². The van der Waals surface area contributed by atoms with Crippen LogP contribution in [0.15, 0.2) is 30.3 Å². The zero-order valence-electron chi connectivity index (χ0n) is 10.1. The minimum atomic E-state index is 0.0257. The maximum atomic E-state index is 11.6. The second-order valence-electron chi connectivity index (χ2n) is 4.29. The molecule has 1 amide bonds. The Morgan fingerprint density at radius 3 is 2.44 bits per heavy atom. The summed E-state index contributed by atoms with van der Waals surface area (Å²) in [6, 6.07) is 9.34. The van der Waals surface area contributed by atoms with Crippen LogP contribution < -0.4 is 5.32 Å². The van der Waals surface area contributed by atoms with Crippen LogP contribution in [0.25, 0.3) is 0 Å². The van der Waals surface area contributed by atoms with Gasteiger partial charge >= 0.3 is 0 Å². The van der Waals surface area contributed by atoms with Gasteiger partial charge in [-0.1, -0.05) is 38.5 Å². The van der Waals surface area contributed by atoms with Crippen molar-refractivity contribution in [2.45, 2.75) is 33.1 Å². The molecule has 1 aromatic rings. The number of nitrogens with one attached hydrogen (secondary N) is 1. The second kappa shape index (κ2) is 7.04. The number of amides is 1. The third-order valence-corrected chi connectivity index (χ3v) is 2.43. The first-order valence-electron chi connectivity index (χ1n) is 5.82. The summed E-state index contributed by atoms with van der Waals surface area (Å²) in [5.41, 5.74) is 0.737. The molecule has 0 aliphatic carbocycles. The van der Waals surface area contributed by atoms with Crippen molar-refractivity contribution in [3.05, 3.63) is 41.8 Å². The summed E-state index contributed by atoms with van der Waals surface area (Å²) in [5, 5.41) is 2.92. The number of carbonyl (C=O) groups excluding carboxylic acids is 1. The Bertz CT molecular complexity index is 306. The Morgan fingerprint density at radius 1 is 1.12 bits per heavy atom. The maximum Gasteiger partial charge on any atom is 0.251 e. The zero-order chi connectivity index (χ0) is 11.8. The topological polar surface area (TPSA) is 29.1 Å². The molecule has 0 fully saturated rings. The number of benzene rings is 1. The fourth-order valence-corrected chi connectivity index (χ4v) is 1.50. The lowest BCUT2D eigenvalue weighted by Crippen LogP contribution is -2.24. The largest absolute Gasteiger partial charge is 0.352 e. The van der Waals surface area contributed by atoms with E-state index in [-0.39, 0.29) is 5.91 Å². The Morgan fingerprint density at radius 2 is 1.81 bits per heavy atom. The van der Waals surface area contributed by atoms with E-state index in [2.05, 4.69) is 19.2 Å². The number of hydrogen-bond donors (Lipinski definition) is 1. The monoisotopic (exact) mass is 218 g/mol. The van der Waals surface area contributed by atoms with E-state index in [0.717, 1.165) is 31.4 Å². The molecule has 0 bridgehead atoms. The molecule has 1 aromatic carbocycles. The Balaban J connectivity index is 2.16. The molecule has 0 saturated heterocycles. The number of hydrogen-bond acceptors (Lipinski definition) is 1. The van der Waals surface area contributed by atoms with Crippen LogP contribution in [-0.4, -0.2) is 12.5 Å². The van der Waals surface area contributed by atoms with Gasteiger partial charge in [0.25, 0.3) is 5.91 Å². The predicted molar refractivity (Wildman–Crippen MR) is 67.2 cm³/mol. The summed E-state index contributed by atoms with van der Waals surface area (Å²) in [7, 11) is 0. The summed E-state index contributed by atoms with van der Waals surface area (Å²) in [4.78, 5) is 11.6. The lowest BCUT2D eigenvalue weighted by atomic mass is 10.1. The van der Waals surface area contributed by atoms with Crippen molar-refractivity contribution in [1.29, 1.82) is 0 Å². The van der Waals surface area contributed by atoms with Crippen molar-refractivity contribution < 1.29 is 4.79 Å². The maximum absolute atomic E-state index is 11.6. The standard InChI is InChI=1S/C14H20NO/c1-12(2)8-6-7-11-15-14(16)13-9-4-3-5-10-13/h3-5,9-10H,6-8,11H2,1-2H3,(H,15,16). The van der Waals surface area contributed by atoms with Crippen LogP contribution in [0.3, 0.4) is 0 Å². The molecule has 16 heavy (non-hydrogen) atoms. The van der Waals surface area contributed by atoms with Crippen molar-refractivity contribution in [3.63, 3.8) is 0 Å². The smallest absolute Gasteiger partial charge is 0.251 e. The highest BCUT2D eigenvalue weighted by atomic mass is 16.1. The summed E-state index contributed by atoms with van der Waals surface area (Å²) < 4.78 is 0. The van der Waals surface area contributed by atoms with Crippen LogP contribution in [-0.2, 0) is 0 Å². The van der Waals surface area contributed by atoms with Gasteiger partial charge in [-0.2, -0.15) is 0 Å². The fourth-order valence-electron chi connectivity index (χ4n) is 1.50. The molecule has 1 rings (SSSR count). The molecular weight excluding hydrogens is 198 g/mol. The summed E-state index contributed by atoms with van der Waals surface area (Å²) in [6.45, 7) is 5.05. The molecule has 0 aliphatic rings. The van der Waals surface area contributed by atoms with E-state index < -0.39 is 0 Å². The number of unbranched alkanes of at least 4 members (excludes halogenated alkanes) is 1. The molecule has 0 aromatic heterocycles. The van der Waals surface area contributed by atoms with Crippen molar-refractivity contribution in [2.24, 2.45) is 0 Å². The third kappa shape index (κ3) is 4.96. The minimum absolute atomic E-state index is 0.0257. The molecule has 1 radical (unpaired) electrons. The first-order valence-corrected chi connectivity index (χ1v) is 5.82. The van der Waals surface area contributed by atoms with Gasteiger partial charge in [-0.15, -0.1) is 0 Å². The van der Waals surface area contributed by atoms with Gasteiger partial charge in [-0.3, -0.25) is 4.79 Å². The molecule has 0 heterocycles. The van der Waals surface area contributed by atoms with Crippen LogP contribution in [0.4, 0.5) is 0 Å². The highest BCUT2D eigenvalue weighted by Gasteiger charge is 2.02. The molecule has 87 valence electrons. The molecule has 0 atom stereocenters. The average Bonchev–Trinajstić information content (AvgIpc) is 2.29. The van der Waals surface area contributed by atoms with E-state index in [1.807, 2.05) is 30.3 Å². The van der Waals surface area contributed by atoms with Crippen LogP contribution in [0, 0.1) is 5.92 Å². The first-order chi connectivity index (χ1) is 7.70. The lowest BCUT2D eigenvalue weighted by molar-refractivity contribution is 0.0953. The number of rotatable bonds is 6. The minimum Gasteiger partial charge on any atom is -0.352 e. The van der Waals surface area contributed by atoms with Crippen LogP contribution >= 0.6 is 0 Å². The Kier molecular flexibility index (Phi) is 5.62. The van der Waals surface area contributed by atoms with Gasteiger partial charge in [-0.05, 0) is 30.9 Å². The molecule has 1 N–H and O–H groups in total. The Labute approximate surface area is 98.1 Å². The van der Waals surface area contributed by atoms with Crippen molar-refractivity contribution in [2.75, 3.05) is 6.54 Å². The van der Waals surface area contributed by atoms with Gasteiger partial charge in [0.05, 0.1) is 0 Å². The van der Waals surface area contributed by atoms with E-state index >= 15 is 0 Å². The third-order valence-electron chi connectivity index (χ3n) is 2.43. The molecule has 2 heteroatoms. The molecule has 0 unspecified atom stereocenters. The van der Waals surface area contributed by atoms with Crippen molar-refractivity contribution in [3.8, 4) is 0 Å². The van der Waals surface area contributed by atoms with Crippen molar-refractivity contribution in [1.82, 2.24) is 5.32 Å². The van der Waals surface area contributed by atoms with E-state index in [9.17, 15) is 4.79 Å². The first kappa shape index (κ1) is 12.8. The Hall–Kier alpha value is -1.31.